The van der Waals surface area contributed by atoms with Crippen LogP contribution in [-0.4, -0.2) is 46.2 Å². The predicted molar refractivity (Wildman–Crippen MR) is 71.9 cm³/mol. The van der Waals surface area contributed by atoms with E-state index in [1.54, 1.807) is 6.92 Å². The van der Waals surface area contributed by atoms with Crippen molar-refractivity contribution >= 4 is 27.6 Å². The van der Waals surface area contributed by atoms with Crippen LogP contribution in [0.3, 0.4) is 0 Å². The fourth-order valence-electron chi connectivity index (χ4n) is 2.59. The molecule has 20 heavy (non-hydrogen) atoms. The lowest BCUT2D eigenvalue weighted by Gasteiger charge is -2.36. The van der Waals surface area contributed by atoms with Gasteiger partial charge >= 0.3 is 5.97 Å². The topological polar surface area (TPSA) is 92.5 Å². The van der Waals surface area contributed by atoms with Crippen LogP contribution in [0.1, 0.15) is 19.8 Å². The van der Waals surface area contributed by atoms with Gasteiger partial charge in [-0.2, -0.15) is 9.40 Å². The number of aliphatic carboxylic acids is 1. The van der Waals surface area contributed by atoms with Crippen molar-refractivity contribution in [3.63, 3.8) is 0 Å². The summed E-state index contributed by atoms with van der Waals surface area (Å²) in [5.41, 5.74) is 0. The number of halogens is 1. The molecule has 1 aromatic rings. The van der Waals surface area contributed by atoms with Gasteiger partial charge in [-0.3, -0.25) is 9.48 Å². The molecule has 1 N–H and O–H groups in total. The molecule has 1 saturated heterocycles. The van der Waals surface area contributed by atoms with E-state index in [9.17, 15) is 18.3 Å². The van der Waals surface area contributed by atoms with E-state index in [4.69, 9.17) is 11.6 Å². The van der Waals surface area contributed by atoms with Crippen molar-refractivity contribution in [3.05, 3.63) is 11.2 Å². The number of aryl methyl sites for hydroxylation is 1. The number of hydrogen-bond donors (Lipinski definition) is 1. The molecule has 0 spiro atoms. The summed E-state index contributed by atoms with van der Waals surface area (Å²) >= 11 is 5.88. The van der Waals surface area contributed by atoms with Crippen LogP contribution >= 0.6 is 11.6 Å². The Morgan fingerprint density at radius 1 is 1.55 bits per heavy atom. The average molecular weight is 322 g/mol. The largest absolute Gasteiger partial charge is 0.480 e. The molecule has 2 rings (SSSR count). The van der Waals surface area contributed by atoms with Gasteiger partial charge in [-0.15, -0.1) is 0 Å². The molecule has 7 nitrogen and oxygen atoms in total. The molecule has 0 radical (unpaired) electrons. The highest BCUT2D eigenvalue weighted by molar-refractivity contribution is 7.89. The summed E-state index contributed by atoms with van der Waals surface area (Å²) in [6, 6.07) is -1.07. The Balaban J connectivity index is 2.50. The van der Waals surface area contributed by atoms with Gasteiger partial charge in [0.1, 0.15) is 6.04 Å². The fraction of sp³-hybridized carbons (Fsp3) is 0.636. The average Bonchev–Trinajstić information content (AvgIpc) is 2.68. The second-order valence-corrected chi connectivity index (χ2v) is 7.15. The maximum atomic E-state index is 12.7. The predicted octanol–water partition coefficient (Wildman–Crippen LogP) is 0.947. The van der Waals surface area contributed by atoms with Crippen molar-refractivity contribution in [1.29, 1.82) is 0 Å². The van der Waals surface area contributed by atoms with Crippen LogP contribution in [0.25, 0.3) is 0 Å². The molecule has 0 aromatic carbocycles. The first-order chi connectivity index (χ1) is 9.26. The van der Waals surface area contributed by atoms with E-state index in [2.05, 4.69) is 5.10 Å². The maximum absolute atomic E-state index is 12.7. The van der Waals surface area contributed by atoms with Crippen molar-refractivity contribution in [2.45, 2.75) is 30.8 Å². The molecular formula is C11H16ClN3O4S. The molecule has 1 fully saturated rings. The zero-order chi connectivity index (χ0) is 15.1. The number of nitrogens with zero attached hydrogens (tertiary/aromatic N) is 3. The Morgan fingerprint density at radius 2 is 2.20 bits per heavy atom. The maximum Gasteiger partial charge on any atom is 0.322 e. The number of aromatic nitrogens is 2. The molecule has 0 amide bonds. The molecule has 2 atom stereocenters. The first kappa shape index (κ1) is 15.3. The highest BCUT2D eigenvalue weighted by Gasteiger charge is 2.43. The molecule has 1 aliphatic rings. The van der Waals surface area contributed by atoms with Crippen LogP contribution in [0, 0.1) is 5.92 Å². The number of carbonyl (C=O) groups is 1. The molecule has 0 saturated carbocycles. The Morgan fingerprint density at radius 3 is 2.70 bits per heavy atom. The molecule has 112 valence electrons. The van der Waals surface area contributed by atoms with Crippen LogP contribution in [-0.2, 0) is 21.9 Å². The van der Waals surface area contributed by atoms with E-state index in [0.717, 1.165) is 8.99 Å². The van der Waals surface area contributed by atoms with Gasteiger partial charge in [-0.1, -0.05) is 18.5 Å². The van der Waals surface area contributed by atoms with Gasteiger partial charge in [0.05, 0.1) is 11.2 Å². The van der Waals surface area contributed by atoms with Crippen molar-refractivity contribution in [3.8, 4) is 0 Å². The summed E-state index contributed by atoms with van der Waals surface area (Å²) < 4.78 is 27.5. The number of rotatable bonds is 3. The Hall–Kier alpha value is -1.12. The normalized spacial score (nSPS) is 24.8. The van der Waals surface area contributed by atoms with E-state index in [-0.39, 0.29) is 22.5 Å². The SMILES string of the molecule is CC1CCCN(S(=O)(=O)c2c(Cl)cnn2C)C1C(=O)O. The van der Waals surface area contributed by atoms with Gasteiger partial charge < -0.3 is 5.11 Å². The van der Waals surface area contributed by atoms with Gasteiger partial charge in [-0.05, 0) is 18.8 Å². The molecule has 1 aromatic heterocycles. The third-order valence-electron chi connectivity index (χ3n) is 3.54. The highest BCUT2D eigenvalue weighted by atomic mass is 35.5. The number of hydrogen-bond acceptors (Lipinski definition) is 4. The Bertz CT molecular complexity index is 608. The van der Waals surface area contributed by atoms with Crippen molar-refractivity contribution in [2.75, 3.05) is 6.54 Å². The van der Waals surface area contributed by atoms with Crippen LogP contribution in [0.15, 0.2) is 11.2 Å². The summed E-state index contributed by atoms with van der Waals surface area (Å²) in [6.07, 6.45) is 2.54. The molecule has 2 unspecified atom stereocenters. The summed E-state index contributed by atoms with van der Waals surface area (Å²) in [6.45, 7) is 1.91. The minimum Gasteiger partial charge on any atom is -0.480 e. The monoisotopic (exact) mass is 321 g/mol. The molecule has 9 heteroatoms. The lowest BCUT2D eigenvalue weighted by atomic mass is 9.93. The minimum atomic E-state index is -3.99. The third kappa shape index (κ3) is 2.43. The lowest BCUT2D eigenvalue weighted by molar-refractivity contribution is -0.144. The van der Waals surface area contributed by atoms with Crippen molar-refractivity contribution in [2.24, 2.45) is 13.0 Å². The summed E-state index contributed by atoms with van der Waals surface area (Å²) in [5, 5.41) is 12.9. The van der Waals surface area contributed by atoms with E-state index >= 15 is 0 Å². The number of sulfonamides is 1. The number of piperidine rings is 1. The van der Waals surface area contributed by atoms with Gasteiger partial charge in [-0.25, -0.2) is 8.42 Å². The second kappa shape index (κ2) is 5.34. The van der Waals surface area contributed by atoms with Crippen LogP contribution < -0.4 is 0 Å². The molecule has 0 bridgehead atoms. The van der Waals surface area contributed by atoms with Gasteiger partial charge in [0.2, 0.25) is 0 Å². The second-order valence-electron chi connectivity index (χ2n) is 4.94. The Labute approximate surface area is 122 Å². The quantitative estimate of drug-likeness (QED) is 0.894. The zero-order valence-corrected chi connectivity index (χ0v) is 12.7. The fourth-order valence-corrected chi connectivity index (χ4v) is 4.91. The molecule has 2 heterocycles. The van der Waals surface area contributed by atoms with E-state index in [0.29, 0.717) is 12.8 Å². The van der Waals surface area contributed by atoms with E-state index in [1.165, 1.54) is 13.2 Å². The standard InChI is InChI=1S/C11H16ClN3O4S/c1-7-4-3-5-15(9(7)11(16)17)20(18,19)10-8(12)6-13-14(10)2/h6-7,9H,3-5H2,1-2H3,(H,16,17). The molecule has 1 aliphatic heterocycles. The van der Waals surface area contributed by atoms with Crippen molar-refractivity contribution < 1.29 is 18.3 Å². The van der Waals surface area contributed by atoms with Gasteiger partial charge in [0.25, 0.3) is 10.0 Å². The van der Waals surface area contributed by atoms with Crippen LogP contribution in [0.4, 0.5) is 0 Å². The summed E-state index contributed by atoms with van der Waals surface area (Å²) in [5.74, 6) is -1.39. The molecule has 0 aliphatic carbocycles. The highest BCUT2D eigenvalue weighted by Crippen LogP contribution is 2.31. The Kier molecular flexibility index (Phi) is 4.08. The van der Waals surface area contributed by atoms with Gasteiger partial charge in [0.15, 0.2) is 5.03 Å². The third-order valence-corrected chi connectivity index (χ3v) is 5.92. The van der Waals surface area contributed by atoms with Crippen LogP contribution in [0.2, 0.25) is 5.02 Å². The number of carboxylic acids is 1. The van der Waals surface area contributed by atoms with E-state index in [1.807, 2.05) is 0 Å². The first-order valence-electron chi connectivity index (χ1n) is 6.19. The first-order valence-corrected chi connectivity index (χ1v) is 8.00. The van der Waals surface area contributed by atoms with Crippen molar-refractivity contribution in [1.82, 2.24) is 14.1 Å². The minimum absolute atomic E-state index is 0.00475. The lowest BCUT2D eigenvalue weighted by Crippen LogP contribution is -2.52. The smallest absolute Gasteiger partial charge is 0.322 e. The van der Waals surface area contributed by atoms with Gasteiger partial charge in [0, 0.05) is 13.6 Å². The molecular weight excluding hydrogens is 306 g/mol. The summed E-state index contributed by atoms with van der Waals surface area (Å²) in [7, 11) is -2.53. The number of carboxylic acid groups (broad SMARTS) is 1. The van der Waals surface area contributed by atoms with E-state index < -0.39 is 22.0 Å². The zero-order valence-electron chi connectivity index (χ0n) is 11.2. The summed E-state index contributed by atoms with van der Waals surface area (Å²) in [4.78, 5) is 11.4. The van der Waals surface area contributed by atoms with Crippen LogP contribution in [0.5, 0.6) is 0 Å².